The highest BCUT2D eigenvalue weighted by Crippen LogP contribution is 2.38. The summed E-state index contributed by atoms with van der Waals surface area (Å²) in [5, 5.41) is 8.97. The minimum absolute atomic E-state index is 0.0256. The molecular formula is C18H29NO3. The Morgan fingerprint density at radius 3 is 2.32 bits per heavy atom. The van der Waals surface area contributed by atoms with E-state index in [2.05, 4.69) is 34.6 Å². The molecule has 0 bridgehead atoms. The molecule has 3 N–H and O–H groups in total. The maximum atomic E-state index is 10.9. The first-order chi connectivity index (χ1) is 9.96. The summed E-state index contributed by atoms with van der Waals surface area (Å²) in [7, 11) is 1.58. The van der Waals surface area contributed by atoms with Crippen LogP contribution in [0, 0.1) is 5.41 Å². The molecule has 0 saturated carbocycles. The molecule has 1 atom stereocenters. The summed E-state index contributed by atoms with van der Waals surface area (Å²) in [5.74, 6) is -0.266. The Labute approximate surface area is 133 Å². The standard InChI is InChI=1S/C18H29NO3/c1-17(2,3)11-18(4,5)12-7-8-15(22-6)13(9-12)14(19)10-16(20)21/h7-9,14H,10-11,19H2,1-6H3,(H,20,21). The van der Waals surface area contributed by atoms with E-state index in [4.69, 9.17) is 15.6 Å². The highest BCUT2D eigenvalue weighted by Gasteiger charge is 2.28. The first-order valence-corrected chi connectivity index (χ1v) is 7.62. The first kappa shape index (κ1) is 18.5. The molecule has 0 aliphatic carbocycles. The number of aliphatic carboxylic acids is 1. The molecule has 0 radical (unpaired) electrons. The van der Waals surface area contributed by atoms with Crippen LogP contribution in [-0.4, -0.2) is 18.2 Å². The molecule has 0 aliphatic heterocycles. The average Bonchev–Trinajstić information content (AvgIpc) is 2.34. The van der Waals surface area contributed by atoms with Crippen LogP contribution >= 0.6 is 0 Å². The van der Waals surface area contributed by atoms with Crippen molar-refractivity contribution in [2.45, 2.75) is 58.9 Å². The van der Waals surface area contributed by atoms with E-state index < -0.39 is 12.0 Å². The van der Waals surface area contributed by atoms with E-state index in [0.717, 1.165) is 17.5 Å². The smallest absolute Gasteiger partial charge is 0.305 e. The third kappa shape index (κ3) is 5.02. The number of carbonyl (C=O) groups is 1. The SMILES string of the molecule is COc1ccc(C(C)(C)CC(C)(C)C)cc1C(N)CC(=O)O. The molecule has 1 aromatic rings. The van der Waals surface area contributed by atoms with Gasteiger partial charge in [-0.25, -0.2) is 0 Å². The zero-order valence-corrected chi connectivity index (χ0v) is 14.6. The molecule has 22 heavy (non-hydrogen) atoms. The zero-order chi connectivity index (χ0) is 17.1. The van der Waals surface area contributed by atoms with Gasteiger partial charge in [0, 0.05) is 11.6 Å². The molecule has 4 heteroatoms. The fourth-order valence-electron chi connectivity index (χ4n) is 3.17. The largest absolute Gasteiger partial charge is 0.496 e. The summed E-state index contributed by atoms with van der Waals surface area (Å²) >= 11 is 0. The van der Waals surface area contributed by atoms with Crippen molar-refractivity contribution in [3.8, 4) is 5.75 Å². The van der Waals surface area contributed by atoms with Crippen LogP contribution in [0.4, 0.5) is 0 Å². The summed E-state index contributed by atoms with van der Waals surface area (Å²) in [4.78, 5) is 10.9. The minimum atomic E-state index is -0.908. The van der Waals surface area contributed by atoms with Crippen LogP contribution in [0.2, 0.25) is 0 Å². The Hall–Kier alpha value is -1.55. The Kier molecular flexibility index (Phi) is 5.63. The van der Waals surface area contributed by atoms with Crippen molar-refractivity contribution in [3.63, 3.8) is 0 Å². The zero-order valence-electron chi connectivity index (χ0n) is 14.6. The van der Waals surface area contributed by atoms with Gasteiger partial charge < -0.3 is 15.6 Å². The normalized spacial score (nSPS) is 13.8. The second-order valence-electron chi connectivity index (χ2n) is 7.78. The van der Waals surface area contributed by atoms with Crippen LogP contribution in [-0.2, 0) is 10.2 Å². The Morgan fingerprint density at radius 1 is 1.27 bits per heavy atom. The summed E-state index contributed by atoms with van der Waals surface area (Å²) in [6, 6.07) is 5.36. The van der Waals surface area contributed by atoms with Crippen molar-refractivity contribution in [1.29, 1.82) is 0 Å². The van der Waals surface area contributed by atoms with E-state index in [1.165, 1.54) is 0 Å². The van der Waals surface area contributed by atoms with Crippen molar-refractivity contribution >= 4 is 5.97 Å². The molecule has 0 spiro atoms. The maximum absolute atomic E-state index is 10.9. The van der Waals surface area contributed by atoms with Gasteiger partial charge in [0.1, 0.15) is 5.75 Å². The number of rotatable bonds is 6. The van der Waals surface area contributed by atoms with E-state index in [0.29, 0.717) is 5.75 Å². The van der Waals surface area contributed by atoms with Crippen LogP contribution in [0.5, 0.6) is 5.75 Å². The third-order valence-corrected chi connectivity index (χ3v) is 3.78. The minimum Gasteiger partial charge on any atom is -0.496 e. The van der Waals surface area contributed by atoms with Crippen LogP contribution in [0.25, 0.3) is 0 Å². The molecular weight excluding hydrogens is 278 g/mol. The van der Waals surface area contributed by atoms with E-state index in [9.17, 15) is 4.79 Å². The Bertz CT molecular complexity index is 530. The monoisotopic (exact) mass is 307 g/mol. The summed E-state index contributed by atoms with van der Waals surface area (Å²) < 4.78 is 5.34. The van der Waals surface area contributed by atoms with Gasteiger partial charge >= 0.3 is 5.97 Å². The number of benzene rings is 1. The topological polar surface area (TPSA) is 72.5 Å². The number of hydrogen-bond donors (Lipinski definition) is 2. The Morgan fingerprint density at radius 2 is 1.86 bits per heavy atom. The van der Waals surface area contributed by atoms with Gasteiger partial charge in [-0.05, 0) is 34.9 Å². The van der Waals surface area contributed by atoms with E-state index in [-0.39, 0.29) is 17.3 Å². The van der Waals surface area contributed by atoms with Crippen molar-refractivity contribution < 1.29 is 14.6 Å². The molecule has 124 valence electrons. The molecule has 0 amide bonds. The second-order valence-corrected chi connectivity index (χ2v) is 7.78. The van der Waals surface area contributed by atoms with Gasteiger partial charge in [0.15, 0.2) is 0 Å². The van der Waals surface area contributed by atoms with Gasteiger partial charge in [-0.1, -0.05) is 40.7 Å². The lowest BCUT2D eigenvalue weighted by Gasteiger charge is -2.33. The van der Waals surface area contributed by atoms with Gasteiger partial charge in [0.2, 0.25) is 0 Å². The van der Waals surface area contributed by atoms with Gasteiger partial charge in [-0.2, -0.15) is 0 Å². The predicted molar refractivity (Wildman–Crippen MR) is 89.3 cm³/mol. The van der Waals surface area contributed by atoms with Gasteiger partial charge in [0.05, 0.1) is 13.5 Å². The number of hydrogen-bond acceptors (Lipinski definition) is 3. The lowest BCUT2D eigenvalue weighted by atomic mass is 9.72. The first-order valence-electron chi connectivity index (χ1n) is 7.62. The van der Waals surface area contributed by atoms with Crippen molar-refractivity contribution in [2.24, 2.45) is 11.1 Å². The second kappa shape index (κ2) is 6.69. The average molecular weight is 307 g/mol. The Balaban J connectivity index is 3.21. The number of carboxylic acid groups (broad SMARTS) is 1. The van der Waals surface area contributed by atoms with Gasteiger partial charge in [0.25, 0.3) is 0 Å². The predicted octanol–water partition coefficient (Wildman–Crippen LogP) is 3.88. The summed E-state index contributed by atoms with van der Waals surface area (Å²) in [6.45, 7) is 11.1. The van der Waals surface area contributed by atoms with Crippen LogP contribution in [0.15, 0.2) is 18.2 Å². The number of nitrogens with two attached hydrogens (primary N) is 1. The summed E-state index contributed by atoms with van der Waals surface area (Å²) in [6.07, 6.45) is 0.902. The van der Waals surface area contributed by atoms with Crippen LogP contribution in [0.1, 0.15) is 64.6 Å². The summed E-state index contributed by atoms with van der Waals surface area (Å²) in [5.41, 5.74) is 8.13. The van der Waals surface area contributed by atoms with Gasteiger partial charge in [-0.3, -0.25) is 4.79 Å². The molecule has 0 saturated heterocycles. The molecule has 1 aromatic carbocycles. The van der Waals surface area contributed by atoms with Crippen molar-refractivity contribution in [2.75, 3.05) is 7.11 Å². The molecule has 0 aromatic heterocycles. The lowest BCUT2D eigenvalue weighted by Crippen LogP contribution is -2.25. The van der Waals surface area contributed by atoms with E-state index >= 15 is 0 Å². The molecule has 1 rings (SSSR count). The molecule has 0 fully saturated rings. The molecule has 4 nitrogen and oxygen atoms in total. The number of carboxylic acids is 1. The fourth-order valence-corrected chi connectivity index (χ4v) is 3.17. The maximum Gasteiger partial charge on any atom is 0.305 e. The van der Waals surface area contributed by atoms with Crippen LogP contribution in [0.3, 0.4) is 0 Å². The van der Waals surface area contributed by atoms with Gasteiger partial charge in [-0.15, -0.1) is 0 Å². The highest BCUT2D eigenvalue weighted by molar-refractivity contribution is 5.68. The number of ether oxygens (including phenoxy) is 1. The highest BCUT2D eigenvalue weighted by atomic mass is 16.5. The number of methoxy groups -OCH3 is 1. The quantitative estimate of drug-likeness (QED) is 0.836. The van der Waals surface area contributed by atoms with Crippen molar-refractivity contribution in [1.82, 2.24) is 0 Å². The third-order valence-electron chi connectivity index (χ3n) is 3.78. The van der Waals surface area contributed by atoms with Crippen LogP contribution < -0.4 is 10.5 Å². The fraction of sp³-hybridized carbons (Fsp3) is 0.611. The molecule has 0 aliphatic rings. The van der Waals surface area contributed by atoms with Crippen molar-refractivity contribution in [3.05, 3.63) is 29.3 Å². The lowest BCUT2D eigenvalue weighted by molar-refractivity contribution is -0.137. The van der Waals surface area contributed by atoms with E-state index in [1.807, 2.05) is 18.2 Å². The molecule has 1 unspecified atom stereocenters. The molecule has 0 heterocycles. The van der Waals surface area contributed by atoms with E-state index in [1.54, 1.807) is 7.11 Å².